The Bertz CT molecular complexity index is 1520. The van der Waals surface area contributed by atoms with Crippen molar-refractivity contribution in [1.82, 2.24) is 14.8 Å². The molecule has 1 aliphatic heterocycles. The van der Waals surface area contributed by atoms with Crippen molar-refractivity contribution in [3.8, 4) is 11.8 Å². The topological polar surface area (TPSA) is 134 Å². The molecular formula is C27H26ClN5O5S. The first kappa shape index (κ1) is 27.9. The van der Waals surface area contributed by atoms with Crippen molar-refractivity contribution in [1.29, 1.82) is 5.26 Å². The van der Waals surface area contributed by atoms with Gasteiger partial charge in [-0.25, -0.2) is 4.79 Å². The standard InChI is InChI=1S/C27H26ClN5O5S/c1-27(2,3)38-26(37)33-15-17(30-25(36)21-9-10-22(28)39-21)13-20(33)24(35)31-19-8-7-18(12-16(19)14-29)32-11-5-4-6-23(32)34/h4-12,17,20H,13,15H2,1-3H3,(H,30,36)(H,31,35)/t17?,20-/m0/s1. The van der Waals surface area contributed by atoms with Crippen molar-refractivity contribution in [2.45, 2.75) is 44.9 Å². The minimum atomic E-state index is -0.972. The fraction of sp³-hybridized carbons (Fsp3) is 0.296. The molecule has 3 heterocycles. The van der Waals surface area contributed by atoms with Gasteiger partial charge in [-0.05, 0) is 63.6 Å². The molecule has 0 aliphatic carbocycles. The van der Waals surface area contributed by atoms with Crippen molar-refractivity contribution in [2.75, 3.05) is 11.9 Å². The highest BCUT2D eigenvalue weighted by atomic mass is 35.5. The lowest BCUT2D eigenvalue weighted by Gasteiger charge is -2.28. The fourth-order valence-corrected chi connectivity index (χ4v) is 5.09. The van der Waals surface area contributed by atoms with Crippen molar-refractivity contribution >= 4 is 46.5 Å². The van der Waals surface area contributed by atoms with Crippen LogP contribution in [-0.4, -0.2) is 51.6 Å². The Kier molecular flexibility index (Phi) is 8.09. The second-order valence-electron chi connectivity index (χ2n) is 9.90. The number of amides is 3. The van der Waals surface area contributed by atoms with Gasteiger partial charge in [0.15, 0.2) is 0 Å². The summed E-state index contributed by atoms with van der Waals surface area (Å²) in [6.45, 7) is 5.21. The first-order chi connectivity index (χ1) is 18.4. The third-order valence-electron chi connectivity index (χ3n) is 5.85. The van der Waals surface area contributed by atoms with Crippen LogP contribution in [-0.2, 0) is 9.53 Å². The number of nitrogens with one attached hydrogen (secondary N) is 2. The van der Waals surface area contributed by atoms with Crippen molar-refractivity contribution in [3.63, 3.8) is 0 Å². The maximum Gasteiger partial charge on any atom is 0.411 e. The largest absolute Gasteiger partial charge is 0.444 e. The highest BCUT2D eigenvalue weighted by molar-refractivity contribution is 7.18. The molecule has 10 nitrogen and oxygen atoms in total. The molecule has 0 saturated carbocycles. The number of hydrogen-bond donors (Lipinski definition) is 2. The Morgan fingerprint density at radius 3 is 2.56 bits per heavy atom. The van der Waals surface area contributed by atoms with E-state index >= 15 is 0 Å². The van der Waals surface area contributed by atoms with Gasteiger partial charge in [0.05, 0.1) is 26.2 Å². The Morgan fingerprint density at radius 2 is 1.92 bits per heavy atom. The van der Waals surface area contributed by atoms with E-state index < -0.39 is 29.7 Å². The molecule has 0 bridgehead atoms. The summed E-state index contributed by atoms with van der Waals surface area (Å²) in [5, 5.41) is 15.3. The number of pyridine rings is 1. The number of hydrogen-bond acceptors (Lipinski definition) is 7. The SMILES string of the molecule is CC(C)(C)OC(=O)N1CC(NC(=O)c2ccc(Cl)s2)C[C@H]1C(=O)Nc1ccc(-n2ccccc2=O)cc1C#N. The van der Waals surface area contributed by atoms with Gasteiger partial charge in [-0.15, -0.1) is 11.3 Å². The molecule has 1 aromatic carbocycles. The van der Waals surface area contributed by atoms with Crippen LogP contribution in [0.25, 0.3) is 5.69 Å². The Morgan fingerprint density at radius 1 is 1.15 bits per heavy atom. The summed E-state index contributed by atoms with van der Waals surface area (Å²) < 4.78 is 7.35. The predicted molar refractivity (Wildman–Crippen MR) is 147 cm³/mol. The first-order valence-corrected chi connectivity index (χ1v) is 13.2. The average molecular weight is 568 g/mol. The summed E-state index contributed by atoms with van der Waals surface area (Å²) in [5.41, 5.74) is -0.247. The van der Waals surface area contributed by atoms with Crippen LogP contribution in [0, 0.1) is 11.3 Å². The van der Waals surface area contributed by atoms with Gasteiger partial charge >= 0.3 is 6.09 Å². The van der Waals surface area contributed by atoms with Gasteiger partial charge in [-0.1, -0.05) is 17.7 Å². The second kappa shape index (κ2) is 11.3. The van der Waals surface area contributed by atoms with E-state index in [0.29, 0.717) is 14.9 Å². The number of benzene rings is 1. The average Bonchev–Trinajstić information content (AvgIpc) is 3.50. The zero-order valence-electron chi connectivity index (χ0n) is 21.4. The summed E-state index contributed by atoms with van der Waals surface area (Å²) in [5.74, 6) is -0.904. The molecule has 1 aliphatic rings. The number of nitriles is 1. The number of anilines is 1. The minimum Gasteiger partial charge on any atom is -0.444 e. The number of aromatic nitrogens is 1. The van der Waals surface area contributed by atoms with Crippen LogP contribution >= 0.6 is 22.9 Å². The number of ether oxygens (including phenoxy) is 1. The van der Waals surface area contributed by atoms with Gasteiger partial charge in [-0.3, -0.25) is 23.9 Å². The third-order valence-corrected chi connectivity index (χ3v) is 7.08. The monoisotopic (exact) mass is 567 g/mol. The number of nitrogens with zero attached hydrogens (tertiary/aromatic N) is 3. The van der Waals surface area contributed by atoms with E-state index in [2.05, 4.69) is 10.6 Å². The van der Waals surface area contributed by atoms with Crippen LogP contribution in [0.1, 0.15) is 42.4 Å². The van der Waals surface area contributed by atoms with Crippen molar-refractivity contribution in [2.24, 2.45) is 0 Å². The molecule has 202 valence electrons. The quantitative estimate of drug-likeness (QED) is 0.475. The molecule has 0 radical (unpaired) electrons. The molecule has 3 aromatic rings. The van der Waals surface area contributed by atoms with E-state index in [1.54, 1.807) is 57.3 Å². The smallest absolute Gasteiger partial charge is 0.411 e. The van der Waals surface area contributed by atoms with Gasteiger partial charge < -0.3 is 15.4 Å². The molecule has 12 heteroatoms. The van der Waals surface area contributed by atoms with E-state index in [-0.39, 0.29) is 35.7 Å². The van der Waals surface area contributed by atoms with Crippen LogP contribution in [0.3, 0.4) is 0 Å². The molecule has 0 spiro atoms. The maximum absolute atomic E-state index is 13.4. The fourth-order valence-electron chi connectivity index (χ4n) is 4.14. The highest BCUT2D eigenvalue weighted by Crippen LogP contribution is 2.26. The van der Waals surface area contributed by atoms with Crippen LogP contribution in [0.2, 0.25) is 4.34 Å². The van der Waals surface area contributed by atoms with Gasteiger partial charge in [0.2, 0.25) is 5.91 Å². The summed E-state index contributed by atoms with van der Waals surface area (Å²) in [6, 6.07) is 13.1. The molecule has 4 rings (SSSR count). The van der Waals surface area contributed by atoms with Crippen LogP contribution < -0.4 is 16.2 Å². The van der Waals surface area contributed by atoms with E-state index in [1.165, 1.54) is 27.7 Å². The maximum atomic E-state index is 13.4. The summed E-state index contributed by atoms with van der Waals surface area (Å²) in [4.78, 5) is 53.0. The normalized spacial score (nSPS) is 16.8. The van der Waals surface area contributed by atoms with Gasteiger partial charge in [0.1, 0.15) is 17.7 Å². The van der Waals surface area contributed by atoms with Crippen LogP contribution in [0.4, 0.5) is 10.5 Å². The number of halogens is 1. The van der Waals surface area contributed by atoms with E-state index in [1.807, 2.05) is 6.07 Å². The third kappa shape index (κ3) is 6.66. The molecular weight excluding hydrogens is 542 g/mol. The molecule has 2 atom stereocenters. The van der Waals surface area contributed by atoms with Gasteiger partial charge in [0, 0.05) is 24.8 Å². The molecule has 1 saturated heterocycles. The van der Waals surface area contributed by atoms with Crippen LogP contribution in [0.5, 0.6) is 0 Å². The Balaban J connectivity index is 1.55. The molecule has 3 amide bonds. The Hall–Kier alpha value is -4.14. The zero-order valence-corrected chi connectivity index (χ0v) is 23.0. The lowest BCUT2D eigenvalue weighted by atomic mass is 10.1. The lowest BCUT2D eigenvalue weighted by molar-refractivity contribution is -0.120. The van der Waals surface area contributed by atoms with Crippen molar-refractivity contribution in [3.05, 3.63) is 79.9 Å². The summed E-state index contributed by atoms with van der Waals surface area (Å²) in [6.07, 6.45) is 1.01. The van der Waals surface area contributed by atoms with E-state index in [9.17, 15) is 24.4 Å². The number of carbonyl (C=O) groups is 3. The minimum absolute atomic E-state index is 0.0544. The molecule has 2 N–H and O–H groups in total. The lowest BCUT2D eigenvalue weighted by Crippen LogP contribution is -2.45. The summed E-state index contributed by atoms with van der Waals surface area (Å²) >= 11 is 7.07. The predicted octanol–water partition coefficient (Wildman–Crippen LogP) is 4.17. The second-order valence-corrected chi connectivity index (χ2v) is 11.6. The number of carbonyl (C=O) groups excluding carboxylic acids is 3. The van der Waals surface area contributed by atoms with Gasteiger partial charge in [-0.2, -0.15) is 5.26 Å². The number of likely N-dealkylation sites (tertiary alicyclic amines) is 1. The van der Waals surface area contributed by atoms with Crippen molar-refractivity contribution < 1.29 is 19.1 Å². The van der Waals surface area contributed by atoms with E-state index in [0.717, 1.165) is 11.3 Å². The first-order valence-electron chi connectivity index (χ1n) is 12.0. The summed E-state index contributed by atoms with van der Waals surface area (Å²) in [7, 11) is 0. The molecule has 1 unspecified atom stereocenters. The number of rotatable bonds is 5. The molecule has 2 aromatic heterocycles. The Labute approximate surface area is 233 Å². The van der Waals surface area contributed by atoms with Crippen LogP contribution in [0.15, 0.2) is 59.5 Å². The molecule has 1 fully saturated rings. The molecule has 39 heavy (non-hydrogen) atoms. The van der Waals surface area contributed by atoms with E-state index in [4.69, 9.17) is 16.3 Å². The number of thiophene rings is 1. The zero-order chi connectivity index (χ0) is 28.3. The highest BCUT2D eigenvalue weighted by Gasteiger charge is 2.42. The van der Waals surface area contributed by atoms with Gasteiger partial charge in [0.25, 0.3) is 11.5 Å².